The maximum absolute atomic E-state index is 14.8. The zero-order chi connectivity index (χ0) is 21.6. The first-order valence-corrected chi connectivity index (χ1v) is 8.62. The standard InChI is InChI=1S/C18H15ClF4N4O2/c1-17(2)18(22,23)14(27-16(24)29-17)10-6-9(3-4-11(10)20)26-15(28)13-12(21)5-8(19)7-25-13/h3-7,14H,1-2H3,(H2,24,27)(H,26,28). The molecule has 0 spiro atoms. The van der Waals surface area contributed by atoms with E-state index in [-0.39, 0.29) is 10.7 Å². The van der Waals surface area contributed by atoms with Crippen LogP contribution >= 0.6 is 11.6 Å². The van der Waals surface area contributed by atoms with E-state index < -0.39 is 52.4 Å². The Morgan fingerprint density at radius 3 is 2.59 bits per heavy atom. The lowest BCUT2D eigenvalue weighted by atomic mass is 9.88. The molecule has 1 amide bonds. The molecule has 2 aromatic rings. The summed E-state index contributed by atoms with van der Waals surface area (Å²) in [5.41, 5.74) is 2.27. The molecule has 6 nitrogen and oxygen atoms in total. The molecule has 1 unspecified atom stereocenters. The van der Waals surface area contributed by atoms with Crippen LogP contribution in [0.3, 0.4) is 0 Å². The van der Waals surface area contributed by atoms with Gasteiger partial charge in [-0.2, -0.15) is 8.78 Å². The summed E-state index contributed by atoms with van der Waals surface area (Å²) in [6, 6.07) is 1.35. The van der Waals surface area contributed by atoms with Gasteiger partial charge in [-0.25, -0.2) is 18.8 Å². The number of aromatic nitrogens is 1. The number of anilines is 1. The number of benzene rings is 1. The third-order valence-electron chi connectivity index (χ3n) is 4.33. The Kier molecular flexibility index (Phi) is 5.16. The quantitative estimate of drug-likeness (QED) is 0.718. The number of aliphatic imine (C=N–C) groups is 1. The van der Waals surface area contributed by atoms with Gasteiger partial charge in [0.15, 0.2) is 23.2 Å². The molecule has 11 heteroatoms. The number of halogens is 5. The number of ether oxygens (including phenoxy) is 1. The molecular weight excluding hydrogens is 416 g/mol. The Morgan fingerprint density at radius 2 is 1.93 bits per heavy atom. The topological polar surface area (TPSA) is 89.6 Å². The normalized spacial score (nSPS) is 19.8. The Morgan fingerprint density at radius 1 is 1.24 bits per heavy atom. The van der Waals surface area contributed by atoms with Gasteiger partial charge in [0.1, 0.15) is 5.82 Å². The van der Waals surface area contributed by atoms with Crippen LogP contribution in [-0.2, 0) is 4.74 Å². The molecule has 0 saturated carbocycles. The molecule has 1 aromatic heterocycles. The van der Waals surface area contributed by atoms with Crippen LogP contribution < -0.4 is 11.1 Å². The van der Waals surface area contributed by atoms with Crippen LogP contribution in [0.4, 0.5) is 23.2 Å². The van der Waals surface area contributed by atoms with E-state index in [4.69, 9.17) is 22.1 Å². The number of carbonyl (C=O) groups is 1. The maximum Gasteiger partial charge on any atom is 0.312 e. The van der Waals surface area contributed by atoms with Gasteiger partial charge in [-0.15, -0.1) is 0 Å². The Labute approximate surface area is 167 Å². The van der Waals surface area contributed by atoms with Crippen molar-refractivity contribution in [1.82, 2.24) is 4.98 Å². The molecule has 1 atom stereocenters. The zero-order valence-electron chi connectivity index (χ0n) is 15.1. The SMILES string of the molecule is CC1(C)OC(N)=NC(c2cc(NC(=O)c3ncc(Cl)cc3F)ccc2F)C1(F)F. The van der Waals surface area contributed by atoms with E-state index in [0.717, 1.165) is 44.3 Å². The highest BCUT2D eigenvalue weighted by molar-refractivity contribution is 6.30. The summed E-state index contributed by atoms with van der Waals surface area (Å²) in [6.07, 6.45) is 1.07. The highest BCUT2D eigenvalue weighted by Crippen LogP contribution is 2.47. The number of hydrogen-bond acceptors (Lipinski definition) is 5. The first-order chi connectivity index (χ1) is 13.4. The maximum atomic E-state index is 14.8. The fourth-order valence-corrected chi connectivity index (χ4v) is 2.91. The monoisotopic (exact) mass is 430 g/mol. The lowest BCUT2D eigenvalue weighted by Crippen LogP contribution is -2.54. The van der Waals surface area contributed by atoms with Gasteiger partial charge in [0.25, 0.3) is 11.9 Å². The number of nitrogens with two attached hydrogens (primary N) is 1. The Hall–Kier alpha value is -2.88. The minimum Gasteiger partial charge on any atom is -0.453 e. The predicted octanol–water partition coefficient (Wildman–Crippen LogP) is 4.07. The van der Waals surface area contributed by atoms with E-state index in [9.17, 15) is 22.4 Å². The molecule has 29 heavy (non-hydrogen) atoms. The van der Waals surface area contributed by atoms with Crippen LogP contribution in [0, 0.1) is 11.6 Å². The summed E-state index contributed by atoms with van der Waals surface area (Å²) >= 11 is 5.59. The fourth-order valence-electron chi connectivity index (χ4n) is 2.76. The van der Waals surface area contributed by atoms with Crippen molar-refractivity contribution in [3.05, 3.63) is 58.4 Å². The Balaban J connectivity index is 1.96. The van der Waals surface area contributed by atoms with Gasteiger partial charge in [-0.3, -0.25) is 4.79 Å². The van der Waals surface area contributed by atoms with Crippen molar-refractivity contribution in [3.63, 3.8) is 0 Å². The summed E-state index contributed by atoms with van der Waals surface area (Å²) in [7, 11) is 0. The van der Waals surface area contributed by atoms with E-state index >= 15 is 0 Å². The second-order valence-corrected chi connectivity index (χ2v) is 7.22. The summed E-state index contributed by atoms with van der Waals surface area (Å²) in [5, 5.41) is 2.27. The van der Waals surface area contributed by atoms with Gasteiger partial charge in [0.2, 0.25) is 0 Å². The fraction of sp³-hybridized carbons (Fsp3) is 0.278. The van der Waals surface area contributed by atoms with E-state index in [1.165, 1.54) is 0 Å². The Bertz CT molecular complexity index is 1010. The van der Waals surface area contributed by atoms with Crippen molar-refractivity contribution >= 4 is 29.2 Å². The minimum absolute atomic E-state index is 0.0112. The molecule has 1 aliphatic rings. The van der Waals surface area contributed by atoms with Crippen LogP contribution in [0.5, 0.6) is 0 Å². The van der Waals surface area contributed by atoms with E-state index in [2.05, 4.69) is 15.3 Å². The minimum atomic E-state index is -3.62. The van der Waals surface area contributed by atoms with Gasteiger partial charge in [0.05, 0.1) is 5.02 Å². The third-order valence-corrected chi connectivity index (χ3v) is 4.54. The molecule has 0 aliphatic carbocycles. The van der Waals surface area contributed by atoms with Gasteiger partial charge >= 0.3 is 5.92 Å². The van der Waals surface area contributed by atoms with E-state index in [0.29, 0.717) is 0 Å². The first-order valence-electron chi connectivity index (χ1n) is 8.24. The lowest BCUT2D eigenvalue weighted by molar-refractivity contribution is -0.180. The lowest BCUT2D eigenvalue weighted by Gasteiger charge is -2.41. The third kappa shape index (κ3) is 3.84. The molecule has 1 aromatic carbocycles. The van der Waals surface area contributed by atoms with Crippen molar-refractivity contribution in [2.75, 3.05) is 5.32 Å². The van der Waals surface area contributed by atoms with E-state index in [1.807, 2.05) is 0 Å². The number of hydrogen-bond donors (Lipinski definition) is 2. The molecule has 1 aliphatic heterocycles. The number of carbonyl (C=O) groups excluding carboxylic acids is 1. The van der Waals surface area contributed by atoms with Crippen LogP contribution in [0.15, 0.2) is 35.5 Å². The van der Waals surface area contributed by atoms with Crippen LogP contribution in [-0.4, -0.2) is 28.4 Å². The molecule has 0 fully saturated rings. The predicted molar refractivity (Wildman–Crippen MR) is 98.0 cm³/mol. The number of pyridine rings is 1. The average Bonchev–Trinajstić information content (AvgIpc) is 2.59. The second kappa shape index (κ2) is 7.18. The number of nitrogens with one attached hydrogen (secondary N) is 1. The average molecular weight is 431 g/mol. The van der Waals surface area contributed by atoms with Crippen molar-refractivity contribution < 1.29 is 27.1 Å². The largest absolute Gasteiger partial charge is 0.453 e. The highest BCUT2D eigenvalue weighted by atomic mass is 35.5. The second-order valence-electron chi connectivity index (χ2n) is 6.78. The smallest absolute Gasteiger partial charge is 0.312 e. The zero-order valence-corrected chi connectivity index (χ0v) is 15.9. The van der Waals surface area contributed by atoms with Crippen molar-refractivity contribution in [2.24, 2.45) is 10.7 Å². The molecule has 0 saturated heterocycles. The molecule has 0 bridgehead atoms. The molecule has 0 radical (unpaired) electrons. The molecule has 3 rings (SSSR count). The number of nitrogens with zero attached hydrogens (tertiary/aromatic N) is 2. The number of amidine groups is 1. The number of alkyl halides is 2. The van der Waals surface area contributed by atoms with Crippen LogP contribution in [0.1, 0.15) is 35.9 Å². The van der Waals surface area contributed by atoms with Crippen LogP contribution in [0.25, 0.3) is 0 Å². The molecule has 3 N–H and O–H groups in total. The van der Waals surface area contributed by atoms with Gasteiger partial charge in [-0.1, -0.05) is 11.6 Å². The number of amides is 1. The van der Waals surface area contributed by atoms with Gasteiger partial charge < -0.3 is 15.8 Å². The number of rotatable bonds is 3. The summed E-state index contributed by atoms with van der Waals surface area (Å²) < 4.78 is 62.7. The summed E-state index contributed by atoms with van der Waals surface area (Å²) in [5.74, 6) is -6.56. The van der Waals surface area contributed by atoms with Gasteiger partial charge in [-0.05, 0) is 38.1 Å². The van der Waals surface area contributed by atoms with Gasteiger partial charge in [0, 0.05) is 17.4 Å². The van der Waals surface area contributed by atoms with Crippen molar-refractivity contribution in [1.29, 1.82) is 0 Å². The molecule has 154 valence electrons. The molecule has 2 heterocycles. The summed E-state index contributed by atoms with van der Waals surface area (Å²) in [6.45, 7) is 2.19. The van der Waals surface area contributed by atoms with Crippen LogP contribution in [0.2, 0.25) is 5.02 Å². The molecular formula is C18H15ClF4N4O2. The summed E-state index contributed by atoms with van der Waals surface area (Å²) in [4.78, 5) is 19.4. The van der Waals surface area contributed by atoms with E-state index in [1.54, 1.807) is 0 Å². The first kappa shape index (κ1) is 20.8. The van der Waals surface area contributed by atoms with Crippen molar-refractivity contribution in [3.8, 4) is 0 Å². The highest BCUT2D eigenvalue weighted by Gasteiger charge is 2.59. The van der Waals surface area contributed by atoms with Crippen molar-refractivity contribution in [2.45, 2.75) is 31.4 Å².